The molecule has 0 spiro atoms. The van der Waals surface area contributed by atoms with E-state index < -0.39 is 0 Å². The van der Waals surface area contributed by atoms with Gasteiger partial charge < -0.3 is 4.90 Å². The first-order valence-corrected chi connectivity index (χ1v) is 11.9. The fourth-order valence-electron chi connectivity index (χ4n) is 3.81. The Balaban J connectivity index is 0.00000272. The second-order valence-corrected chi connectivity index (χ2v) is 9.84. The van der Waals surface area contributed by atoms with E-state index in [1.807, 2.05) is 36.4 Å². The predicted molar refractivity (Wildman–Crippen MR) is 138 cm³/mol. The van der Waals surface area contributed by atoms with E-state index in [1.54, 1.807) is 11.8 Å². The average molecular weight is 514 g/mol. The zero-order chi connectivity index (χ0) is 21.1. The maximum absolute atomic E-state index is 6.38. The molecule has 1 fully saturated rings. The molecule has 4 rings (SSSR count). The molecule has 164 valence electrons. The predicted octanol–water partition coefficient (Wildman–Crippen LogP) is 8.10. The van der Waals surface area contributed by atoms with E-state index in [0.717, 1.165) is 41.2 Å². The molecule has 0 bridgehead atoms. The number of nitrogens with zero attached hydrogens (tertiary/aromatic N) is 2. The Labute approximate surface area is 209 Å². The van der Waals surface area contributed by atoms with Gasteiger partial charge in [0, 0.05) is 62.8 Å². The van der Waals surface area contributed by atoms with Crippen molar-refractivity contribution in [2.45, 2.75) is 22.8 Å². The molecular weight excluding hydrogens is 490 g/mol. The van der Waals surface area contributed by atoms with Gasteiger partial charge in [-0.1, -0.05) is 52.6 Å². The number of halogens is 4. The van der Waals surface area contributed by atoms with E-state index in [4.69, 9.17) is 34.8 Å². The van der Waals surface area contributed by atoms with Crippen LogP contribution in [0, 0.1) is 0 Å². The minimum atomic E-state index is 0. The van der Waals surface area contributed by atoms with Crippen molar-refractivity contribution in [2.24, 2.45) is 0 Å². The number of anilines is 1. The molecule has 1 aliphatic heterocycles. The van der Waals surface area contributed by atoms with Gasteiger partial charge in [-0.3, -0.25) is 4.90 Å². The standard InChI is InChI=1S/C24H23Cl3N2S.ClH/c1-17(28-11-13-29(14-12-28)21-4-2-3-19(26)15-21)23-16-20(27)7-10-24(23)30-22-8-5-18(25)6-9-22;/h2-10,15-17H,11-14H2,1H3;1H. The molecule has 3 aromatic carbocycles. The van der Waals surface area contributed by atoms with Gasteiger partial charge in [-0.2, -0.15) is 0 Å². The van der Waals surface area contributed by atoms with Crippen molar-refractivity contribution in [1.82, 2.24) is 4.90 Å². The summed E-state index contributed by atoms with van der Waals surface area (Å²) < 4.78 is 0. The molecule has 3 aromatic rings. The van der Waals surface area contributed by atoms with Crippen molar-refractivity contribution in [2.75, 3.05) is 31.1 Å². The van der Waals surface area contributed by atoms with Crippen LogP contribution in [0.25, 0.3) is 0 Å². The maximum Gasteiger partial charge on any atom is 0.0426 e. The van der Waals surface area contributed by atoms with Gasteiger partial charge in [-0.05, 0) is 73.2 Å². The topological polar surface area (TPSA) is 6.48 Å². The Kier molecular flexibility index (Phi) is 8.86. The third kappa shape index (κ3) is 6.25. The molecule has 0 saturated carbocycles. The van der Waals surface area contributed by atoms with Crippen LogP contribution >= 0.6 is 59.0 Å². The zero-order valence-electron chi connectivity index (χ0n) is 17.1. The van der Waals surface area contributed by atoms with Gasteiger partial charge in [-0.15, -0.1) is 12.4 Å². The smallest absolute Gasteiger partial charge is 0.0426 e. The summed E-state index contributed by atoms with van der Waals surface area (Å²) in [5.41, 5.74) is 2.45. The summed E-state index contributed by atoms with van der Waals surface area (Å²) in [6, 6.07) is 22.5. The highest BCUT2D eigenvalue weighted by Crippen LogP contribution is 2.37. The lowest BCUT2D eigenvalue weighted by molar-refractivity contribution is 0.196. The molecule has 0 aliphatic carbocycles. The van der Waals surface area contributed by atoms with Crippen molar-refractivity contribution < 1.29 is 0 Å². The highest BCUT2D eigenvalue weighted by Gasteiger charge is 2.24. The van der Waals surface area contributed by atoms with E-state index >= 15 is 0 Å². The highest BCUT2D eigenvalue weighted by molar-refractivity contribution is 7.99. The van der Waals surface area contributed by atoms with Crippen LogP contribution in [-0.2, 0) is 0 Å². The molecule has 0 radical (unpaired) electrons. The van der Waals surface area contributed by atoms with Crippen LogP contribution in [-0.4, -0.2) is 31.1 Å². The second-order valence-electron chi connectivity index (χ2n) is 7.42. The second kappa shape index (κ2) is 11.2. The Morgan fingerprint density at radius 3 is 2.10 bits per heavy atom. The minimum Gasteiger partial charge on any atom is -0.369 e. The van der Waals surface area contributed by atoms with Crippen molar-refractivity contribution in [3.63, 3.8) is 0 Å². The molecule has 0 aromatic heterocycles. The lowest BCUT2D eigenvalue weighted by Gasteiger charge is -2.39. The van der Waals surface area contributed by atoms with Gasteiger partial charge in [0.15, 0.2) is 0 Å². The summed E-state index contributed by atoms with van der Waals surface area (Å²) in [6.45, 7) is 6.21. The van der Waals surface area contributed by atoms with Gasteiger partial charge in [0.1, 0.15) is 0 Å². The molecule has 1 saturated heterocycles. The van der Waals surface area contributed by atoms with E-state index in [-0.39, 0.29) is 18.4 Å². The first-order valence-electron chi connectivity index (χ1n) is 9.97. The molecular formula is C24H24Cl4N2S. The van der Waals surface area contributed by atoms with Crippen molar-refractivity contribution in [3.8, 4) is 0 Å². The summed E-state index contributed by atoms with van der Waals surface area (Å²) in [5, 5.41) is 2.31. The fraction of sp³-hybridized carbons (Fsp3) is 0.250. The first-order chi connectivity index (χ1) is 14.5. The molecule has 1 atom stereocenters. The molecule has 1 heterocycles. The fourth-order valence-corrected chi connectivity index (χ4v) is 5.31. The molecule has 1 unspecified atom stereocenters. The lowest BCUT2D eigenvalue weighted by atomic mass is 10.1. The maximum atomic E-state index is 6.38. The monoisotopic (exact) mass is 512 g/mol. The minimum absolute atomic E-state index is 0. The molecule has 0 N–H and O–H groups in total. The van der Waals surface area contributed by atoms with Gasteiger partial charge >= 0.3 is 0 Å². The third-order valence-corrected chi connectivity index (χ3v) is 7.32. The third-order valence-electron chi connectivity index (χ3n) is 5.50. The van der Waals surface area contributed by atoms with Crippen LogP contribution in [0.4, 0.5) is 5.69 Å². The molecule has 7 heteroatoms. The number of hydrogen-bond donors (Lipinski definition) is 0. The van der Waals surface area contributed by atoms with Crippen LogP contribution in [0.5, 0.6) is 0 Å². The van der Waals surface area contributed by atoms with Crippen LogP contribution in [0.1, 0.15) is 18.5 Å². The summed E-state index contributed by atoms with van der Waals surface area (Å²) in [6.07, 6.45) is 0. The number of hydrogen-bond acceptors (Lipinski definition) is 3. The van der Waals surface area contributed by atoms with Crippen molar-refractivity contribution in [3.05, 3.63) is 87.4 Å². The molecule has 1 aliphatic rings. The normalized spacial score (nSPS) is 15.4. The Morgan fingerprint density at radius 1 is 0.774 bits per heavy atom. The largest absolute Gasteiger partial charge is 0.369 e. The Hall–Kier alpha value is -1.07. The first kappa shape index (κ1) is 24.6. The molecule has 31 heavy (non-hydrogen) atoms. The van der Waals surface area contributed by atoms with Crippen LogP contribution in [0.3, 0.4) is 0 Å². The summed E-state index contributed by atoms with van der Waals surface area (Å²) in [4.78, 5) is 7.32. The SMILES string of the molecule is CC(c1cc(Cl)ccc1Sc1ccc(Cl)cc1)N1CCN(c2cccc(Cl)c2)CC1.Cl. The van der Waals surface area contributed by atoms with Gasteiger partial charge in [0.25, 0.3) is 0 Å². The summed E-state index contributed by atoms with van der Waals surface area (Å²) >= 11 is 20.3. The summed E-state index contributed by atoms with van der Waals surface area (Å²) in [7, 11) is 0. The number of piperazine rings is 1. The zero-order valence-corrected chi connectivity index (χ0v) is 21.0. The molecule has 0 amide bonds. The van der Waals surface area contributed by atoms with Gasteiger partial charge in [0.05, 0.1) is 0 Å². The Morgan fingerprint density at radius 2 is 1.42 bits per heavy atom. The lowest BCUT2D eigenvalue weighted by Crippen LogP contribution is -2.47. The van der Waals surface area contributed by atoms with Crippen LogP contribution in [0.15, 0.2) is 76.5 Å². The van der Waals surface area contributed by atoms with E-state index in [9.17, 15) is 0 Å². The quantitative estimate of drug-likeness (QED) is 0.340. The number of benzene rings is 3. The van der Waals surface area contributed by atoms with Gasteiger partial charge in [0.2, 0.25) is 0 Å². The van der Waals surface area contributed by atoms with Crippen LogP contribution in [0.2, 0.25) is 15.1 Å². The molecule has 2 nitrogen and oxygen atoms in total. The average Bonchev–Trinajstić information content (AvgIpc) is 2.76. The van der Waals surface area contributed by atoms with E-state index in [1.165, 1.54) is 21.0 Å². The van der Waals surface area contributed by atoms with Gasteiger partial charge in [-0.25, -0.2) is 0 Å². The van der Waals surface area contributed by atoms with Crippen LogP contribution < -0.4 is 4.90 Å². The Bertz CT molecular complexity index is 1000. The van der Waals surface area contributed by atoms with Crippen molar-refractivity contribution >= 4 is 64.7 Å². The number of rotatable bonds is 5. The van der Waals surface area contributed by atoms with Crippen molar-refractivity contribution in [1.29, 1.82) is 0 Å². The summed E-state index contributed by atoms with van der Waals surface area (Å²) in [5.74, 6) is 0. The van der Waals surface area contributed by atoms with E-state index in [0.29, 0.717) is 0 Å². The van der Waals surface area contributed by atoms with E-state index in [2.05, 4.69) is 47.1 Å². The highest BCUT2D eigenvalue weighted by atomic mass is 35.5.